The SMILES string of the molecule is CC(NC1CCCCC1(C)C)C(C)(C)C. The fourth-order valence-corrected chi connectivity index (χ4v) is 2.35. The second-order valence-corrected chi connectivity index (χ2v) is 7.04. The lowest BCUT2D eigenvalue weighted by Crippen LogP contribution is -2.51. The lowest BCUT2D eigenvalue weighted by atomic mass is 9.72. The Morgan fingerprint density at radius 3 is 2.27 bits per heavy atom. The zero-order chi connectivity index (χ0) is 11.7. The summed E-state index contributed by atoms with van der Waals surface area (Å²) in [5.41, 5.74) is 0.852. The fraction of sp³-hybridized carbons (Fsp3) is 1.00. The van der Waals surface area contributed by atoms with E-state index in [2.05, 4.69) is 46.9 Å². The molecule has 0 spiro atoms. The van der Waals surface area contributed by atoms with E-state index in [9.17, 15) is 0 Å². The first-order valence-corrected chi connectivity index (χ1v) is 6.49. The van der Waals surface area contributed by atoms with Crippen LogP contribution in [0.3, 0.4) is 0 Å². The highest BCUT2D eigenvalue weighted by atomic mass is 15.0. The monoisotopic (exact) mass is 211 g/mol. The molecule has 0 aliphatic heterocycles. The summed E-state index contributed by atoms with van der Waals surface area (Å²) in [6.07, 6.45) is 5.54. The number of hydrogen-bond acceptors (Lipinski definition) is 1. The van der Waals surface area contributed by atoms with Crippen LogP contribution in [0.25, 0.3) is 0 Å². The molecule has 15 heavy (non-hydrogen) atoms. The molecule has 1 saturated carbocycles. The van der Waals surface area contributed by atoms with E-state index >= 15 is 0 Å². The van der Waals surface area contributed by atoms with Crippen molar-refractivity contribution in [1.82, 2.24) is 5.32 Å². The Morgan fingerprint density at radius 2 is 1.80 bits per heavy atom. The van der Waals surface area contributed by atoms with Crippen molar-refractivity contribution in [2.45, 2.75) is 79.3 Å². The Labute approximate surface area is 96.0 Å². The lowest BCUT2D eigenvalue weighted by molar-refractivity contribution is 0.132. The molecule has 90 valence electrons. The van der Waals surface area contributed by atoms with Gasteiger partial charge in [-0.05, 0) is 30.6 Å². The van der Waals surface area contributed by atoms with Crippen molar-refractivity contribution < 1.29 is 0 Å². The summed E-state index contributed by atoms with van der Waals surface area (Å²) >= 11 is 0. The van der Waals surface area contributed by atoms with E-state index in [1.807, 2.05) is 0 Å². The Balaban J connectivity index is 2.56. The van der Waals surface area contributed by atoms with E-state index < -0.39 is 0 Å². The molecule has 1 nitrogen and oxygen atoms in total. The molecule has 0 aromatic heterocycles. The Bertz CT molecular complexity index is 200. The molecule has 2 atom stereocenters. The van der Waals surface area contributed by atoms with Gasteiger partial charge in [-0.25, -0.2) is 0 Å². The maximum atomic E-state index is 3.85. The van der Waals surface area contributed by atoms with E-state index in [1.54, 1.807) is 0 Å². The van der Waals surface area contributed by atoms with E-state index in [-0.39, 0.29) is 0 Å². The van der Waals surface area contributed by atoms with Crippen LogP contribution in [0.5, 0.6) is 0 Å². The van der Waals surface area contributed by atoms with Crippen molar-refractivity contribution in [3.63, 3.8) is 0 Å². The predicted molar refractivity (Wildman–Crippen MR) is 68.1 cm³/mol. The van der Waals surface area contributed by atoms with Crippen LogP contribution in [0, 0.1) is 10.8 Å². The minimum absolute atomic E-state index is 0.369. The van der Waals surface area contributed by atoms with Crippen LogP contribution in [-0.4, -0.2) is 12.1 Å². The van der Waals surface area contributed by atoms with Crippen molar-refractivity contribution in [2.24, 2.45) is 10.8 Å². The molecule has 0 aromatic carbocycles. The summed E-state index contributed by atoms with van der Waals surface area (Å²) in [7, 11) is 0. The molecule has 0 bridgehead atoms. The summed E-state index contributed by atoms with van der Waals surface area (Å²) < 4.78 is 0. The highest BCUT2D eigenvalue weighted by Crippen LogP contribution is 2.36. The molecule has 0 heterocycles. The van der Waals surface area contributed by atoms with Gasteiger partial charge in [0.25, 0.3) is 0 Å². The smallest absolute Gasteiger partial charge is 0.0121 e. The van der Waals surface area contributed by atoms with E-state index in [0.717, 1.165) is 0 Å². The topological polar surface area (TPSA) is 12.0 Å². The maximum Gasteiger partial charge on any atom is 0.0121 e. The molecule has 1 rings (SSSR count). The third kappa shape index (κ3) is 3.48. The van der Waals surface area contributed by atoms with Gasteiger partial charge in [-0.1, -0.05) is 47.5 Å². The molecule has 1 aliphatic carbocycles. The average Bonchev–Trinajstić information content (AvgIpc) is 2.06. The molecule has 2 unspecified atom stereocenters. The predicted octanol–water partition coefficient (Wildman–Crippen LogP) is 3.98. The molecule has 0 saturated heterocycles. The quantitative estimate of drug-likeness (QED) is 0.728. The van der Waals surface area contributed by atoms with Crippen molar-refractivity contribution in [1.29, 1.82) is 0 Å². The number of nitrogens with one attached hydrogen (secondary N) is 1. The van der Waals surface area contributed by atoms with Crippen LogP contribution < -0.4 is 5.32 Å². The largest absolute Gasteiger partial charge is 0.310 e. The standard InChI is InChI=1S/C14H29N/c1-11(13(2,3)4)15-12-9-7-8-10-14(12,5)6/h11-12,15H,7-10H2,1-6H3. The summed E-state index contributed by atoms with van der Waals surface area (Å²) in [5.74, 6) is 0. The minimum Gasteiger partial charge on any atom is -0.310 e. The summed E-state index contributed by atoms with van der Waals surface area (Å²) in [6, 6.07) is 1.31. The highest BCUT2D eigenvalue weighted by Gasteiger charge is 2.34. The van der Waals surface area contributed by atoms with Gasteiger partial charge in [-0.3, -0.25) is 0 Å². The molecular formula is C14H29N. The zero-order valence-corrected chi connectivity index (χ0v) is 11.5. The molecule has 1 heteroatoms. The van der Waals surface area contributed by atoms with Crippen molar-refractivity contribution >= 4 is 0 Å². The van der Waals surface area contributed by atoms with Gasteiger partial charge in [-0.2, -0.15) is 0 Å². The molecule has 1 fully saturated rings. The number of hydrogen-bond donors (Lipinski definition) is 1. The second-order valence-electron chi connectivity index (χ2n) is 7.04. The molecule has 0 amide bonds. The van der Waals surface area contributed by atoms with Crippen molar-refractivity contribution in [3.05, 3.63) is 0 Å². The highest BCUT2D eigenvalue weighted by molar-refractivity contribution is 4.91. The molecule has 1 aliphatic rings. The van der Waals surface area contributed by atoms with Gasteiger partial charge in [0.05, 0.1) is 0 Å². The number of rotatable bonds is 2. The zero-order valence-electron chi connectivity index (χ0n) is 11.5. The summed E-state index contributed by atoms with van der Waals surface area (Å²) in [5, 5.41) is 3.85. The first kappa shape index (κ1) is 13.0. The molecular weight excluding hydrogens is 182 g/mol. The van der Waals surface area contributed by atoms with Crippen LogP contribution in [0.2, 0.25) is 0 Å². The van der Waals surface area contributed by atoms with Crippen LogP contribution in [0.4, 0.5) is 0 Å². The Hall–Kier alpha value is -0.0400. The van der Waals surface area contributed by atoms with Crippen LogP contribution in [0.15, 0.2) is 0 Å². The van der Waals surface area contributed by atoms with Crippen LogP contribution in [0.1, 0.15) is 67.2 Å². The maximum absolute atomic E-state index is 3.85. The molecule has 1 N–H and O–H groups in total. The van der Waals surface area contributed by atoms with Gasteiger partial charge in [0.2, 0.25) is 0 Å². The van der Waals surface area contributed by atoms with E-state index in [4.69, 9.17) is 0 Å². The van der Waals surface area contributed by atoms with Gasteiger partial charge >= 0.3 is 0 Å². The van der Waals surface area contributed by atoms with Gasteiger partial charge in [0.15, 0.2) is 0 Å². The van der Waals surface area contributed by atoms with Crippen LogP contribution >= 0.6 is 0 Å². The van der Waals surface area contributed by atoms with Gasteiger partial charge in [-0.15, -0.1) is 0 Å². The fourth-order valence-electron chi connectivity index (χ4n) is 2.35. The van der Waals surface area contributed by atoms with Crippen molar-refractivity contribution in [2.75, 3.05) is 0 Å². The Morgan fingerprint density at radius 1 is 1.20 bits per heavy atom. The lowest BCUT2D eigenvalue weighted by Gasteiger charge is -2.43. The van der Waals surface area contributed by atoms with E-state index in [0.29, 0.717) is 22.9 Å². The van der Waals surface area contributed by atoms with Gasteiger partial charge in [0.1, 0.15) is 0 Å². The normalized spacial score (nSPS) is 28.8. The van der Waals surface area contributed by atoms with Gasteiger partial charge in [0, 0.05) is 12.1 Å². The summed E-state index contributed by atoms with van der Waals surface area (Å²) in [6.45, 7) is 14.1. The third-order valence-electron chi connectivity index (χ3n) is 4.26. The van der Waals surface area contributed by atoms with Crippen LogP contribution in [-0.2, 0) is 0 Å². The van der Waals surface area contributed by atoms with Crippen molar-refractivity contribution in [3.8, 4) is 0 Å². The average molecular weight is 211 g/mol. The molecule has 0 radical (unpaired) electrons. The first-order valence-electron chi connectivity index (χ1n) is 6.49. The molecule has 0 aromatic rings. The minimum atomic E-state index is 0.369. The summed E-state index contributed by atoms with van der Waals surface area (Å²) in [4.78, 5) is 0. The second kappa shape index (κ2) is 4.45. The third-order valence-corrected chi connectivity index (χ3v) is 4.26. The van der Waals surface area contributed by atoms with Gasteiger partial charge < -0.3 is 5.32 Å². The van der Waals surface area contributed by atoms with E-state index in [1.165, 1.54) is 25.7 Å². The first-order chi connectivity index (χ1) is 6.73. The Kier molecular flexibility index (Phi) is 3.86.